The van der Waals surface area contributed by atoms with Crippen molar-refractivity contribution in [3.8, 4) is 5.75 Å². The molecule has 0 aliphatic carbocycles. The number of halogens is 1. The van der Waals surface area contributed by atoms with E-state index >= 15 is 0 Å². The minimum atomic E-state index is -0.141. The average Bonchev–Trinajstić information content (AvgIpc) is 2.84. The van der Waals surface area contributed by atoms with Crippen LogP contribution in [0.1, 0.15) is 41.1 Å². The van der Waals surface area contributed by atoms with Crippen molar-refractivity contribution in [3.05, 3.63) is 82.9 Å². The molecule has 0 aromatic heterocycles. The lowest BCUT2D eigenvalue weighted by molar-refractivity contribution is -0.119. The van der Waals surface area contributed by atoms with Crippen LogP contribution in [0, 0.1) is 0 Å². The van der Waals surface area contributed by atoms with Gasteiger partial charge in [-0.05, 0) is 60.6 Å². The number of nitrogens with one attached hydrogen (secondary N) is 1. The molecule has 1 atom stereocenters. The van der Waals surface area contributed by atoms with Gasteiger partial charge in [-0.2, -0.15) is 0 Å². The Morgan fingerprint density at radius 2 is 1.88 bits per heavy atom. The van der Waals surface area contributed by atoms with Gasteiger partial charge in [0.15, 0.2) is 0 Å². The van der Waals surface area contributed by atoms with Gasteiger partial charge in [0.2, 0.25) is 5.91 Å². The highest BCUT2D eigenvalue weighted by atomic mass is 35.5. The van der Waals surface area contributed by atoms with E-state index in [1.165, 1.54) is 0 Å². The van der Waals surface area contributed by atoms with Crippen molar-refractivity contribution in [2.45, 2.75) is 38.1 Å². The molecule has 180 valence electrons. The van der Waals surface area contributed by atoms with Crippen molar-refractivity contribution >= 4 is 23.2 Å². The van der Waals surface area contributed by atoms with Gasteiger partial charge in [0.25, 0.3) is 0 Å². The number of hydrogen-bond donors (Lipinski definition) is 2. The van der Waals surface area contributed by atoms with Gasteiger partial charge in [-0.25, -0.2) is 0 Å². The lowest BCUT2D eigenvalue weighted by Gasteiger charge is -2.39. The molecular formula is C28H34ClN3O2. The molecular weight excluding hydrogens is 446 g/mol. The smallest absolute Gasteiger partial charge is 0.227 e. The molecule has 1 amide bonds. The fourth-order valence-corrected chi connectivity index (χ4v) is 5.41. The van der Waals surface area contributed by atoms with Gasteiger partial charge in [-0.3, -0.25) is 4.79 Å². The monoisotopic (exact) mass is 479 g/mol. The highest BCUT2D eigenvalue weighted by Gasteiger charge is 2.34. The largest absolute Gasteiger partial charge is 0.507 e. The molecule has 1 saturated heterocycles. The molecule has 2 aliphatic rings. The van der Waals surface area contributed by atoms with Crippen LogP contribution in [0.3, 0.4) is 0 Å². The Balaban J connectivity index is 1.79. The van der Waals surface area contributed by atoms with E-state index < -0.39 is 0 Å². The third-order valence-corrected chi connectivity index (χ3v) is 7.11. The maximum absolute atomic E-state index is 13.5. The Labute approximate surface area is 207 Å². The van der Waals surface area contributed by atoms with Gasteiger partial charge in [0, 0.05) is 55.4 Å². The molecule has 1 fully saturated rings. The van der Waals surface area contributed by atoms with Gasteiger partial charge in [0.1, 0.15) is 5.75 Å². The first kappa shape index (κ1) is 24.5. The van der Waals surface area contributed by atoms with Gasteiger partial charge in [0.05, 0.1) is 6.04 Å². The molecule has 34 heavy (non-hydrogen) atoms. The van der Waals surface area contributed by atoms with Crippen LogP contribution in [-0.4, -0.2) is 48.6 Å². The third-order valence-electron chi connectivity index (χ3n) is 6.88. The van der Waals surface area contributed by atoms with Crippen LogP contribution < -0.4 is 10.2 Å². The highest BCUT2D eigenvalue weighted by Crippen LogP contribution is 2.43. The first-order valence-corrected chi connectivity index (χ1v) is 12.5. The Morgan fingerprint density at radius 1 is 1.12 bits per heavy atom. The Hall–Kier alpha value is -2.60. The fourth-order valence-electron chi connectivity index (χ4n) is 5.21. The molecule has 4 rings (SSSR count). The van der Waals surface area contributed by atoms with E-state index in [1.807, 2.05) is 35.2 Å². The summed E-state index contributed by atoms with van der Waals surface area (Å²) >= 11 is 6.39. The highest BCUT2D eigenvalue weighted by molar-refractivity contribution is 6.30. The van der Waals surface area contributed by atoms with Crippen LogP contribution in [0.2, 0.25) is 5.02 Å². The Morgan fingerprint density at radius 3 is 2.59 bits per heavy atom. The van der Waals surface area contributed by atoms with Crippen molar-refractivity contribution in [1.82, 2.24) is 10.2 Å². The number of hydrogen-bond acceptors (Lipinski definition) is 4. The lowest BCUT2D eigenvalue weighted by atomic mass is 9.88. The lowest BCUT2D eigenvalue weighted by Crippen LogP contribution is -2.45. The number of nitrogens with zero attached hydrogens (tertiary/aromatic N) is 2. The number of aromatic hydroxyl groups is 1. The molecule has 0 bridgehead atoms. The number of amides is 1. The normalized spacial score (nSPS) is 17.3. The van der Waals surface area contributed by atoms with Crippen LogP contribution in [0.4, 0.5) is 5.69 Å². The van der Waals surface area contributed by atoms with Crippen molar-refractivity contribution in [1.29, 1.82) is 0 Å². The number of carbonyl (C=O) groups excluding carboxylic acids is 1. The fraction of sp³-hybridized carbons (Fsp3) is 0.393. The number of anilines is 1. The molecule has 2 N–H and O–H groups in total. The topological polar surface area (TPSA) is 55.8 Å². The van der Waals surface area contributed by atoms with Gasteiger partial charge < -0.3 is 20.2 Å². The van der Waals surface area contributed by atoms with Gasteiger partial charge in [-0.1, -0.05) is 35.9 Å². The molecule has 0 spiro atoms. The molecule has 6 heteroatoms. The molecule has 5 nitrogen and oxygen atoms in total. The summed E-state index contributed by atoms with van der Waals surface area (Å²) in [5.74, 6) is 0.408. The Kier molecular flexibility index (Phi) is 8.09. The van der Waals surface area contributed by atoms with Crippen LogP contribution in [0.15, 0.2) is 55.6 Å². The molecule has 2 aliphatic heterocycles. The van der Waals surface area contributed by atoms with E-state index in [0.717, 1.165) is 67.1 Å². The second kappa shape index (κ2) is 11.2. The SMILES string of the molecule is C=CCc1cc2c(c(CC=C)c1O)CCC(=O)N2C(CCN1CCNCC1)c1cccc(Cl)c1. The minimum absolute atomic E-state index is 0.109. The number of phenolic OH excluding ortho intramolecular Hbond substituents is 1. The predicted molar refractivity (Wildman–Crippen MR) is 140 cm³/mol. The van der Waals surface area contributed by atoms with E-state index in [9.17, 15) is 9.90 Å². The maximum atomic E-state index is 13.5. The van der Waals surface area contributed by atoms with Crippen LogP contribution in [-0.2, 0) is 24.1 Å². The van der Waals surface area contributed by atoms with Crippen LogP contribution >= 0.6 is 11.6 Å². The summed E-state index contributed by atoms with van der Waals surface area (Å²) in [5.41, 5.74) is 4.63. The average molecular weight is 480 g/mol. The first-order valence-electron chi connectivity index (χ1n) is 12.1. The van der Waals surface area contributed by atoms with Crippen LogP contribution in [0.5, 0.6) is 5.75 Å². The molecule has 0 radical (unpaired) electrons. The summed E-state index contributed by atoms with van der Waals surface area (Å²) in [6.45, 7) is 12.6. The summed E-state index contributed by atoms with van der Waals surface area (Å²) in [4.78, 5) is 17.9. The molecule has 0 saturated carbocycles. The second-order valence-electron chi connectivity index (χ2n) is 9.06. The Bertz CT molecular complexity index is 1060. The molecule has 1 unspecified atom stereocenters. The standard InChI is InChI=1S/C28H34ClN3O2/c1-3-6-21-19-26-23(24(7-4-2)28(21)34)10-11-27(33)32(26)25(20-8-5-9-22(29)18-20)12-15-31-16-13-30-14-17-31/h3-5,8-9,18-19,25,30,34H,1-2,6-7,10-17H2. The number of benzene rings is 2. The van der Waals surface area contributed by atoms with Crippen molar-refractivity contribution < 1.29 is 9.90 Å². The zero-order chi connectivity index (χ0) is 24.1. The summed E-state index contributed by atoms with van der Waals surface area (Å²) < 4.78 is 0. The molecule has 2 aromatic rings. The maximum Gasteiger partial charge on any atom is 0.227 e. The quantitative estimate of drug-likeness (QED) is 0.506. The number of fused-ring (bicyclic) bond motifs is 1. The van der Waals surface area contributed by atoms with E-state index in [2.05, 4.69) is 29.4 Å². The van der Waals surface area contributed by atoms with E-state index in [1.54, 1.807) is 6.08 Å². The summed E-state index contributed by atoms with van der Waals surface area (Å²) in [6.07, 6.45) is 6.54. The first-order chi connectivity index (χ1) is 16.5. The zero-order valence-corrected chi connectivity index (χ0v) is 20.5. The molecule has 2 heterocycles. The summed E-state index contributed by atoms with van der Waals surface area (Å²) in [5, 5.41) is 15.1. The predicted octanol–water partition coefficient (Wildman–Crippen LogP) is 4.82. The summed E-state index contributed by atoms with van der Waals surface area (Å²) in [7, 11) is 0. The number of allylic oxidation sites excluding steroid dienone is 2. The van der Waals surface area contributed by atoms with Crippen molar-refractivity contribution in [2.75, 3.05) is 37.6 Å². The van der Waals surface area contributed by atoms with Crippen molar-refractivity contribution in [2.24, 2.45) is 0 Å². The number of phenols is 1. The van der Waals surface area contributed by atoms with E-state index in [-0.39, 0.29) is 11.9 Å². The van der Waals surface area contributed by atoms with Crippen LogP contribution in [0.25, 0.3) is 0 Å². The van der Waals surface area contributed by atoms with Gasteiger partial charge >= 0.3 is 0 Å². The number of carbonyl (C=O) groups is 1. The van der Waals surface area contributed by atoms with Crippen molar-refractivity contribution in [3.63, 3.8) is 0 Å². The molecule has 2 aromatic carbocycles. The third kappa shape index (κ3) is 5.22. The number of piperazine rings is 1. The number of rotatable bonds is 9. The second-order valence-corrected chi connectivity index (χ2v) is 9.50. The van der Waals surface area contributed by atoms with Gasteiger partial charge in [-0.15, -0.1) is 13.2 Å². The summed E-state index contributed by atoms with van der Waals surface area (Å²) in [6, 6.07) is 9.70. The zero-order valence-electron chi connectivity index (χ0n) is 19.7. The van der Waals surface area contributed by atoms with E-state index in [0.29, 0.717) is 36.5 Å². The van der Waals surface area contributed by atoms with E-state index in [4.69, 9.17) is 11.6 Å². The minimum Gasteiger partial charge on any atom is -0.507 e.